The molecular weight excluding hydrogens is 463 g/mol. The van der Waals surface area contributed by atoms with Gasteiger partial charge < -0.3 is 20.1 Å². The van der Waals surface area contributed by atoms with Gasteiger partial charge in [0.2, 0.25) is 0 Å². The summed E-state index contributed by atoms with van der Waals surface area (Å²) in [6.45, 7) is 10.0. The summed E-state index contributed by atoms with van der Waals surface area (Å²) in [6, 6.07) is 0. The molecule has 2 heterocycles. The molecule has 0 spiro atoms. The SMILES string of the molecule is CCNC(=NCCCOCC1CCOC1)NCCc1csc(CC)n1.I. The van der Waals surface area contributed by atoms with Crippen molar-refractivity contribution in [1.29, 1.82) is 0 Å². The average molecular weight is 496 g/mol. The van der Waals surface area contributed by atoms with E-state index < -0.39 is 0 Å². The highest BCUT2D eigenvalue weighted by molar-refractivity contribution is 14.0. The van der Waals surface area contributed by atoms with Crippen LogP contribution in [-0.4, -0.2) is 57.0 Å². The zero-order chi connectivity index (χ0) is 17.7. The number of nitrogens with zero attached hydrogens (tertiary/aromatic N) is 2. The van der Waals surface area contributed by atoms with Crippen molar-refractivity contribution >= 4 is 41.3 Å². The minimum absolute atomic E-state index is 0. The lowest BCUT2D eigenvalue weighted by Crippen LogP contribution is -2.38. The maximum atomic E-state index is 5.71. The lowest BCUT2D eigenvalue weighted by atomic mass is 10.1. The van der Waals surface area contributed by atoms with Crippen LogP contribution in [0.3, 0.4) is 0 Å². The van der Waals surface area contributed by atoms with Crippen LogP contribution in [0, 0.1) is 5.92 Å². The molecule has 8 heteroatoms. The van der Waals surface area contributed by atoms with E-state index in [0.717, 1.165) is 83.4 Å². The highest BCUT2D eigenvalue weighted by atomic mass is 127. The molecule has 6 nitrogen and oxygen atoms in total. The van der Waals surface area contributed by atoms with Crippen LogP contribution in [0.15, 0.2) is 10.4 Å². The molecule has 2 rings (SSSR count). The number of thiazole rings is 1. The molecule has 1 unspecified atom stereocenters. The van der Waals surface area contributed by atoms with Crippen LogP contribution < -0.4 is 10.6 Å². The van der Waals surface area contributed by atoms with Gasteiger partial charge in [0.05, 0.1) is 23.9 Å². The minimum Gasteiger partial charge on any atom is -0.381 e. The largest absolute Gasteiger partial charge is 0.381 e. The summed E-state index contributed by atoms with van der Waals surface area (Å²) in [5.74, 6) is 1.46. The van der Waals surface area contributed by atoms with E-state index in [1.54, 1.807) is 11.3 Å². The summed E-state index contributed by atoms with van der Waals surface area (Å²) in [5.41, 5.74) is 1.16. The summed E-state index contributed by atoms with van der Waals surface area (Å²) in [7, 11) is 0. The number of hydrogen-bond acceptors (Lipinski definition) is 5. The van der Waals surface area contributed by atoms with Crippen LogP contribution in [0.25, 0.3) is 0 Å². The zero-order valence-electron chi connectivity index (χ0n) is 16.0. The molecular formula is C18H33IN4O2S. The van der Waals surface area contributed by atoms with Gasteiger partial charge in [0.15, 0.2) is 5.96 Å². The van der Waals surface area contributed by atoms with Gasteiger partial charge in [-0.15, -0.1) is 35.3 Å². The highest BCUT2D eigenvalue weighted by Gasteiger charge is 2.15. The topological polar surface area (TPSA) is 67.8 Å². The van der Waals surface area contributed by atoms with Crippen molar-refractivity contribution in [3.8, 4) is 0 Å². The predicted octanol–water partition coefficient (Wildman–Crippen LogP) is 2.86. The minimum atomic E-state index is 0. The van der Waals surface area contributed by atoms with Crippen molar-refractivity contribution in [2.75, 3.05) is 46.1 Å². The number of hydrogen-bond donors (Lipinski definition) is 2. The summed E-state index contributed by atoms with van der Waals surface area (Å²) in [6.07, 6.45) is 4.01. The Kier molecular flexibility index (Phi) is 13.2. The Morgan fingerprint density at radius 1 is 1.42 bits per heavy atom. The van der Waals surface area contributed by atoms with Crippen molar-refractivity contribution in [1.82, 2.24) is 15.6 Å². The lowest BCUT2D eigenvalue weighted by Gasteiger charge is -2.11. The molecule has 0 aliphatic carbocycles. The first-order valence-electron chi connectivity index (χ1n) is 9.42. The van der Waals surface area contributed by atoms with Crippen LogP contribution in [0.5, 0.6) is 0 Å². The van der Waals surface area contributed by atoms with Crippen LogP contribution >= 0.6 is 35.3 Å². The van der Waals surface area contributed by atoms with E-state index >= 15 is 0 Å². The van der Waals surface area contributed by atoms with Crippen molar-refractivity contribution < 1.29 is 9.47 Å². The molecule has 0 saturated carbocycles. The van der Waals surface area contributed by atoms with Crippen molar-refractivity contribution in [2.24, 2.45) is 10.9 Å². The summed E-state index contributed by atoms with van der Waals surface area (Å²) < 4.78 is 11.1. The van der Waals surface area contributed by atoms with Gasteiger partial charge in [0, 0.05) is 50.6 Å². The van der Waals surface area contributed by atoms with E-state index in [9.17, 15) is 0 Å². The standard InChI is InChI=1S/C18H32N4O2S.HI/c1-3-17-22-16(14-25-17)6-9-21-18(19-4-2)20-8-5-10-23-12-15-7-11-24-13-15;/h14-15H,3-13H2,1-2H3,(H2,19,20,21);1H. The number of guanidine groups is 1. The smallest absolute Gasteiger partial charge is 0.191 e. The van der Waals surface area contributed by atoms with Crippen molar-refractivity contribution in [3.05, 3.63) is 16.1 Å². The molecule has 0 amide bonds. The van der Waals surface area contributed by atoms with E-state index in [4.69, 9.17) is 9.47 Å². The third-order valence-electron chi connectivity index (χ3n) is 4.01. The van der Waals surface area contributed by atoms with Crippen LogP contribution in [0.1, 0.15) is 37.4 Å². The lowest BCUT2D eigenvalue weighted by molar-refractivity contribution is 0.0893. The van der Waals surface area contributed by atoms with Gasteiger partial charge in [-0.2, -0.15) is 0 Å². The Balaban J connectivity index is 0.00000338. The second-order valence-corrected chi connectivity index (χ2v) is 7.12. The van der Waals surface area contributed by atoms with E-state index in [1.807, 2.05) is 0 Å². The van der Waals surface area contributed by atoms with Gasteiger partial charge >= 0.3 is 0 Å². The number of aryl methyl sites for hydroxylation is 1. The number of aliphatic imine (C=N–C) groups is 1. The third-order valence-corrected chi connectivity index (χ3v) is 5.06. The summed E-state index contributed by atoms with van der Waals surface area (Å²) >= 11 is 1.74. The molecule has 1 aromatic heterocycles. The normalized spacial score (nSPS) is 17.2. The molecule has 150 valence electrons. The first-order valence-corrected chi connectivity index (χ1v) is 10.3. The molecule has 1 aromatic rings. The fraction of sp³-hybridized carbons (Fsp3) is 0.778. The molecule has 1 fully saturated rings. The van der Waals surface area contributed by atoms with Crippen LogP contribution in [0.2, 0.25) is 0 Å². The summed E-state index contributed by atoms with van der Waals surface area (Å²) in [4.78, 5) is 9.20. The number of nitrogens with one attached hydrogen (secondary N) is 2. The Bertz CT molecular complexity index is 507. The van der Waals surface area contributed by atoms with Gasteiger partial charge in [-0.3, -0.25) is 4.99 Å². The molecule has 0 radical (unpaired) electrons. The van der Waals surface area contributed by atoms with Crippen LogP contribution in [-0.2, 0) is 22.3 Å². The average Bonchev–Trinajstić information content (AvgIpc) is 3.29. The third kappa shape index (κ3) is 9.48. The number of rotatable bonds is 11. The predicted molar refractivity (Wildman–Crippen MR) is 119 cm³/mol. The molecule has 0 aromatic carbocycles. The maximum absolute atomic E-state index is 5.71. The Morgan fingerprint density at radius 3 is 3.00 bits per heavy atom. The van der Waals surface area contributed by atoms with Gasteiger partial charge in [-0.1, -0.05) is 6.92 Å². The van der Waals surface area contributed by atoms with Crippen molar-refractivity contribution in [2.45, 2.75) is 39.5 Å². The molecule has 2 N–H and O–H groups in total. The molecule has 1 aliphatic rings. The monoisotopic (exact) mass is 496 g/mol. The Labute approximate surface area is 178 Å². The number of aromatic nitrogens is 1. The quantitative estimate of drug-likeness (QED) is 0.214. The van der Waals surface area contributed by atoms with Crippen molar-refractivity contribution in [3.63, 3.8) is 0 Å². The fourth-order valence-electron chi connectivity index (χ4n) is 2.60. The Morgan fingerprint density at radius 2 is 2.31 bits per heavy atom. The van der Waals surface area contributed by atoms with E-state index in [1.165, 1.54) is 5.01 Å². The molecule has 1 aliphatic heterocycles. The summed E-state index contributed by atoms with van der Waals surface area (Å²) in [5, 5.41) is 10.0. The fourth-order valence-corrected chi connectivity index (χ4v) is 3.38. The first kappa shape index (κ1) is 23.6. The van der Waals surface area contributed by atoms with Gasteiger partial charge in [0.25, 0.3) is 0 Å². The molecule has 1 atom stereocenters. The number of ether oxygens (including phenoxy) is 2. The van der Waals surface area contributed by atoms with Gasteiger partial charge in [-0.25, -0.2) is 4.98 Å². The first-order chi connectivity index (χ1) is 12.3. The second-order valence-electron chi connectivity index (χ2n) is 6.18. The second kappa shape index (κ2) is 14.6. The van der Waals surface area contributed by atoms with E-state index in [-0.39, 0.29) is 24.0 Å². The van der Waals surface area contributed by atoms with E-state index in [2.05, 4.69) is 39.8 Å². The molecule has 1 saturated heterocycles. The number of halogens is 1. The molecule has 0 bridgehead atoms. The zero-order valence-corrected chi connectivity index (χ0v) is 19.1. The van der Waals surface area contributed by atoms with Gasteiger partial charge in [-0.05, 0) is 26.2 Å². The highest BCUT2D eigenvalue weighted by Crippen LogP contribution is 2.12. The van der Waals surface area contributed by atoms with Crippen LogP contribution in [0.4, 0.5) is 0 Å². The molecule has 26 heavy (non-hydrogen) atoms. The van der Waals surface area contributed by atoms with Gasteiger partial charge in [0.1, 0.15) is 0 Å². The van der Waals surface area contributed by atoms with E-state index in [0.29, 0.717) is 5.92 Å². The Hall–Kier alpha value is -0.450. The maximum Gasteiger partial charge on any atom is 0.191 e.